The SMILES string of the molecule is CCN(CC)S(=O)(=O)c1ccc(=O)n(CC(=O)c2c[nH]c3ccccc23)c1. The molecule has 0 bridgehead atoms. The predicted molar refractivity (Wildman–Crippen MR) is 103 cm³/mol. The number of aromatic amines is 1. The van der Waals surface area contributed by atoms with Crippen LogP contribution in [0.25, 0.3) is 10.9 Å². The molecule has 0 radical (unpaired) electrons. The van der Waals surface area contributed by atoms with Crippen molar-refractivity contribution >= 4 is 26.7 Å². The number of nitrogens with zero attached hydrogens (tertiary/aromatic N) is 2. The van der Waals surface area contributed by atoms with Gasteiger partial charge in [0.25, 0.3) is 5.56 Å². The lowest BCUT2D eigenvalue weighted by atomic mass is 10.1. The Morgan fingerprint density at radius 3 is 2.52 bits per heavy atom. The summed E-state index contributed by atoms with van der Waals surface area (Å²) in [5, 5.41) is 0.766. The van der Waals surface area contributed by atoms with Gasteiger partial charge in [-0.15, -0.1) is 0 Å². The summed E-state index contributed by atoms with van der Waals surface area (Å²) in [5.74, 6) is -0.271. The van der Waals surface area contributed by atoms with Crippen molar-refractivity contribution in [1.82, 2.24) is 13.9 Å². The number of Topliss-reactive ketones (excluding diaryl/α,β-unsaturated/α-hetero) is 1. The van der Waals surface area contributed by atoms with Gasteiger partial charge in [0.05, 0.1) is 11.4 Å². The van der Waals surface area contributed by atoms with Crippen LogP contribution in [-0.2, 0) is 16.6 Å². The van der Waals surface area contributed by atoms with Crippen molar-refractivity contribution in [2.75, 3.05) is 13.1 Å². The summed E-state index contributed by atoms with van der Waals surface area (Å²) >= 11 is 0. The van der Waals surface area contributed by atoms with Crippen molar-refractivity contribution in [1.29, 1.82) is 0 Å². The van der Waals surface area contributed by atoms with Crippen molar-refractivity contribution in [2.45, 2.75) is 25.3 Å². The van der Waals surface area contributed by atoms with Gasteiger partial charge in [0.1, 0.15) is 0 Å². The quantitative estimate of drug-likeness (QED) is 0.629. The lowest BCUT2D eigenvalue weighted by Crippen LogP contribution is -2.32. The Labute approximate surface area is 157 Å². The van der Waals surface area contributed by atoms with Crippen LogP contribution >= 0.6 is 0 Å². The van der Waals surface area contributed by atoms with E-state index in [1.807, 2.05) is 24.3 Å². The molecule has 0 fully saturated rings. The molecule has 0 atom stereocenters. The van der Waals surface area contributed by atoms with Crippen molar-refractivity contribution in [3.8, 4) is 0 Å². The third-order valence-electron chi connectivity index (χ3n) is 4.50. The fourth-order valence-corrected chi connectivity index (χ4v) is 4.52. The number of aromatic nitrogens is 2. The highest BCUT2D eigenvalue weighted by molar-refractivity contribution is 7.89. The molecule has 1 N–H and O–H groups in total. The molecule has 0 unspecified atom stereocenters. The Balaban J connectivity index is 1.96. The van der Waals surface area contributed by atoms with E-state index < -0.39 is 15.6 Å². The second kappa shape index (κ2) is 7.50. The van der Waals surface area contributed by atoms with Gasteiger partial charge in [-0.2, -0.15) is 4.31 Å². The summed E-state index contributed by atoms with van der Waals surface area (Å²) < 4.78 is 27.8. The molecular weight excluding hydrogens is 366 g/mol. The van der Waals surface area contributed by atoms with Crippen LogP contribution in [0.2, 0.25) is 0 Å². The molecule has 8 heteroatoms. The molecule has 2 heterocycles. The summed E-state index contributed by atoms with van der Waals surface area (Å²) in [7, 11) is -3.71. The first-order chi connectivity index (χ1) is 12.9. The number of para-hydroxylation sites is 1. The first-order valence-electron chi connectivity index (χ1n) is 8.68. The summed E-state index contributed by atoms with van der Waals surface area (Å²) in [6.45, 7) is 3.91. The minimum absolute atomic E-state index is 0.00229. The van der Waals surface area contributed by atoms with Gasteiger partial charge in [0, 0.05) is 48.0 Å². The number of sulfonamides is 1. The number of fused-ring (bicyclic) bond motifs is 1. The monoisotopic (exact) mass is 387 g/mol. The number of H-pyrrole nitrogens is 1. The molecule has 3 rings (SSSR count). The van der Waals surface area contributed by atoms with E-state index in [4.69, 9.17) is 0 Å². The van der Waals surface area contributed by atoms with Crippen LogP contribution < -0.4 is 5.56 Å². The highest BCUT2D eigenvalue weighted by atomic mass is 32.2. The van der Waals surface area contributed by atoms with E-state index in [9.17, 15) is 18.0 Å². The van der Waals surface area contributed by atoms with E-state index in [-0.39, 0.29) is 17.2 Å². The normalized spacial score (nSPS) is 12.0. The first kappa shape index (κ1) is 19.1. The zero-order valence-electron chi connectivity index (χ0n) is 15.2. The van der Waals surface area contributed by atoms with E-state index in [1.165, 1.54) is 22.6 Å². The smallest absolute Gasteiger partial charge is 0.251 e. The number of nitrogens with one attached hydrogen (secondary N) is 1. The van der Waals surface area contributed by atoms with Crippen LogP contribution in [0.1, 0.15) is 24.2 Å². The molecule has 0 saturated heterocycles. The molecule has 2 aromatic heterocycles. The molecule has 1 aromatic carbocycles. The van der Waals surface area contributed by atoms with Gasteiger partial charge in [-0.3, -0.25) is 9.59 Å². The maximum absolute atomic E-state index is 12.7. The highest BCUT2D eigenvalue weighted by Crippen LogP contribution is 2.19. The molecule has 0 aliphatic carbocycles. The van der Waals surface area contributed by atoms with E-state index in [0.29, 0.717) is 18.7 Å². The molecule has 0 aliphatic rings. The Bertz CT molecular complexity index is 1140. The lowest BCUT2D eigenvalue weighted by molar-refractivity contribution is 0.0972. The third kappa shape index (κ3) is 3.58. The topological polar surface area (TPSA) is 92.2 Å². The molecule has 3 aromatic rings. The molecule has 0 aliphatic heterocycles. The highest BCUT2D eigenvalue weighted by Gasteiger charge is 2.23. The number of hydrogen-bond acceptors (Lipinski definition) is 4. The third-order valence-corrected chi connectivity index (χ3v) is 6.54. The zero-order valence-corrected chi connectivity index (χ0v) is 16.0. The van der Waals surface area contributed by atoms with Crippen LogP contribution in [0.4, 0.5) is 0 Å². The number of ketones is 1. The van der Waals surface area contributed by atoms with Gasteiger partial charge >= 0.3 is 0 Å². The summed E-state index contributed by atoms with van der Waals surface area (Å²) in [4.78, 5) is 27.9. The molecule has 27 heavy (non-hydrogen) atoms. The number of pyridine rings is 1. The molecule has 142 valence electrons. The fraction of sp³-hybridized carbons (Fsp3) is 0.263. The second-order valence-electron chi connectivity index (χ2n) is 6.09. The largest absolute Gasteiger partial charge is 0.360 e. The van der Waals surface area contributed by atoms with Crippen LogP contribution in [0.15, 0.2) is 58.5 Å². The van der Waals surface area contributed by atoms with Gasteiger partial charge in [0.2, 0.25) is 10.0 Å². The van der Waals surface area contributed by atoms with E-state index in [2.05, 4.69) is 4.98 Å². The molecule has 0 amide bonds. The number of benzene rings is 1. The molecule has 7 nitrogen and oxygen atoms in total. The van der Waals surface area contributed by atoms with Gasteiger partial charge in [-0.1, -0.05) is 32.0 Å². The van der Waals surface area contributed by atoms with Crippen molar-refractivity contribution < 1.29 is 13.2 Å². The molecule has 0 saturated carbocycles. The summed E-state index contributed by atoms with van der Waals surface area (Å²) in [5.41, 5.74) is 0.863. The lowest BCUT2D eigenvalue weighted by Gasteiger charge is -2.18. The van der Waals surface area contributed by atoms with Crippen molar-refractivity contribution in [3.63, 3.8) is 0 Å². The van der Waals surface area contributed by atoms with E-state index >= 15 is 0 Å². The second-order valence-corrected chi connectivity index (χ2v) is 8.03. The number of carbonyl (C=O) groups is 1. The van der Waals surface area contributed by atoms with Crippen LogP contribution in [0.5, 0.6) is 0 Å². The Morgan fingerprint density at radius 1 is 1.11 bits per heavy atom. The first-order valence-corrected chi connectivity index (χ1v) is 10.1. The Kier molecular flexibility index (Phi) is 5.29. The van der Waals surface area contributed by atoms with Crippen molar-refractivity contribution in [3.05, 3.63) is 64.7 Å². The van der Waals surface area contributed by atoms with E-state index in [0.717, 1.165) is 15.5 Å². The van der Waals surface area contributed by atoms with Gasteiger partial charge in [0.15, 0.2) is 5.78 Å². The summed E-state index contributed by atoms with van der Waals surface area (Å²) in [6, 6.07) is 9.83. The average molecular weight is 387 g/mol. The molecule has 0 spiro atoms. The average Bonchev–Trinajstić information content (AvgIpc) is 3.08. The Hall–Kier alpha value is -2.71. The van der Waals surface area contributed by atoms with Crippen LogP contribution in [0.3, 0.4) is 0 Å². The zero-order chi connectivity index (χ0) is 19.6. The Morgan fingerprint density at radius 2 is 1.81 bits per heavy atom. The maximum atomic E-state index is 12.7. The van der Waals surface area contributed by atoms with Crippen LogP contribution in [-0.4, -0.2) is 41.1 Å². The molecular formula is C19H21N3O4S. The predicted octanol–water partition coefficient (Wildman–Crippen LogP) is 2.24. The minimum Gasteiger partial charge on any atom is -0.360 e. The van der Waals surface area contributed by atoms with Gasteiger partial charge in [-0.05, 0) is 12.1 Å². The minimum atomic E-state index is -3.71. The number of hydrogen-bond donors (Lipinski definition) is 1. The standard InChI is InChI=1S/C19H21N3O4S/c1-3-22(4-2)27(25,26)14-9-10-19(24)21(12-14)13-18(23)16-11-20-17-8-6-5-7-15(16)17/h5-12,20H,3-4,13H2,1-2H3. The van der Waals surface area contributed by atoms with Crippen LogP contribution in [0, 0.1) is 0 Å². The number of rotatable bonds is 7. The maximum Gasteiger partial charge on any atom is 0.251 e. The summed E-state index contributed by atoms with van der Waals surface area (Å²) in [6.07, 6.45) is 2.84. The fourth-order valence-electron chi connectivity index (χ4n) is 3.04. The van der Waals surface area contributed by atoms with Gasteiger partial charge in [-0.25, -0.2) is 8.42 Å². The van der Waals surface area contributed by atoms with Crippen molar-refractivity contribution in [2.24, 2.45) is 0 Å². The number of carbonyl (C=O) groups excluding carboxylic acids is 1. The van der Waals surface area contributed by atoms with E-state index in [1.54, 1.807) is 20.0 Å². The van der Waals surface area contributed by atoms with Gasteiger partial charge < -0.3 is 9.55 Å².